The highest BCUT2D eigenvalue weighted by molar-refractivity contribution is 7.80. The second-order valence-corrected chi connectivity index (χ2v) is 7.18. The summed E-state index contributed by atoms with van der Waals surface area (Å²) in [4.78, 5) is 14.6. The molecule has 0 bridgehead atoms. The smallest absolute Gasteiger partial charge is 0.337 e. The number of benzene rings is 1. The van der Waals surface area contributed by atoms with Gasteiger partial charge in [0.25, 0.3) is 0 Å². The van der Waals surface area contributed by atoms with Crippen LogP contribution in [0.2, 0.25) is 0 Å². The summed E-state index contributed by atoms with van der Waals surface area (Å²) in [6.45, 7) is 5.78. The van der Waals surface area contributed by atoms with Gasteiger partial charge in [-0.1, -0.05) is 12.1 Å². The third-order valence-corrected chi connectivity index (χ3v) is 5.45. The first-order valence-corrected chi connectivity index (χ1v) is 9.23. The van der Waals surface area contributed by atoms with Crippen molar-refractivity contribution in [3.05, 3.63) is 64.1 Å². The Morgan fingerprint density at radius 1 is 1.29 bits per heavy atom. The van der Waals surface area contributed by atoms with Crippen molar-refractivity contribution in [2.75, 3.05) is 12.0 Å². The topological polar surface area (TPSA) is 70.3 Å². The zero-order valence-corrected chi connectivity index (χ0v) is 17.3. The van der Waals surface area contributed by atoms with Crippen LogP contribution in [0.15, 0.2) is 41.6 Å². The summed E-state index contributed by atoms with van der Waals surface area (Å²) in [6, 6.07) is 11.4. The van der Waals surface area contributed by atoms with E-state index < -0.39 is 12.0 Å². The first-order chi connectivity index (χ1) is 13.3. The van der Waals surface area contributed by atoms with Gasteiger partial charge in [-0.3, -0.25) is 4.90 Å². The molecule has 6 nitrogen and oxygen atoms in total. The first kappa shape index (κ1) is 19.6. The van der Waals surface area contributed by atoms with Gasteiger partial charge in [-0.25, -0.2) is 4.79 Å². The van der Waals surface area contributed by atoms with Crippen molar-refractivity contribution in [1.29, 1.82) is 5.26 Å². The van der Waals surface area contributed by atoms with E-state index in [-0.39, 0.29) is 0 Å². The summed E-state index contributed by atoms with van der Waals surface area (Å²) in [6.07, 6.45) is 0. The van der Waals surface area contributed by atoms with Gasteiger partial charge < -0.3 is 14.6 Å². The normalized spacial score (nSPS) is 16.6. The molecular formula is C21H22N4O2S. The van der Waals surface area contributed by atoms with Crippen molar-refractivity contribution in [2.45, 2.75) is 26.8 Å². The van der Waals surface area contributed by atoms with E-state index in [9.17, 15) is 10.1 Å². The predicted molar refractivity (Wildman–Crippen MR) is 112 cm³/mol. The zero-order valence-electron chi connectivity index (χ0n) is 16.5. The van der Waals surface area contributed by atoms with Crippen LogP contribution in [-0.4, -0.2) is 22.8 Å². The van der Waals surface area contributed by atoms with Crippen LogP contribution >= 0.6 is 12.2 Å². The lowest BCUT2D eigenvalue weighted by molar-refractivity contribution is -0.136. The molecule has 28 heavy (non-hydrogen) atoms. The molecule has 0 spiro atoms. The number of rotatable bonds is 3. The molecule has 1 aromatic carbocycles. The number of nitriles is 1. The Labute approximate surface area is 170 Å². The van der Waals surface area contributed by atoms with Gasteiger partial charge in [0.15, 0.2) is 5.11 Å². The minimum absolute atomic E-state index is 0.433. The lowest BCUT2D eigenvalue weighted by Gasteiger charge is -2.37. The Morgan fingerprint density at radius 3 is 2.57 bits per heavy atom. The van der Waals surface area contributed by atoms with E-state index in [0.717, 1.165) is 22.5 Å². The number of aryl methyl sites for hydroxylation is 1. The molecule has 0 fully saturated rings. The average Bonchev–Trinajstić information content (AvgIpc) is 2.95. The number of thiocarbonyl (C=S) groups is 1. The number of nitrogens with one attached hydrogen (secondary N) is 1. The first-order valence-electron chi connectivity index (χ1n) is 8.82. The minimum Gasteiger partial charge on any atom is -0.466 e. The van der Waals surface area contributed by atoms with E-state index in [1.54, 1.807) is 10.6 Å². The number of hydrogen-bond acceptors (Lipinski definition) is 4. The molecule has 0 unspecified atom stereocenters. The summed E-state index contributed by atoms with van der Waals surface area (Å²) in [5.41, 5.74) is 5.36. The Kier molecular flexibility index (Phi) is 5.25. The van der Waals surface area contributed by atoms with Gasteiger partial charge in [0.1, 0.15) is 11.8 Å². The lowest BCUT2D eigenvalue weighted by Crippen LogP contribution is -2.48. The zero-order chi connectivity index (χ0) is 20.6. The molecule has 1 aromatic heterocycles. The summed E-state index contributed by atoms with van der Waals surface area (Å²) in [5.74, 6) is -0.433. The summed E-state index contributed by atoms with van der Waals surface area (Å²) >= 11 is 5.65. The SMILES string of the molecule is COC(=O)C1=C(C)N(c2cccc(C)c2)C(=S)N[C@H]1c1cc(C#N)n(C)c1C. The third-order valence-electron chi connectivity index (χ3n) is 5.15. The van der Waals surface area contributed by atoms with Crippen LogP contribution in [0, 0.1) is 25.2 Å². The van der Waals surface area contributed by atoms with Crippen molar-refractivity contribution >= 4 is 29.0 Å². The molecule has 0 saturated carbocycles. The Morgan fingerprint density at radius 2 is 2.00 bits per heavy atom. The highest BCUT2D eigenvalue weighted by Crippen LogP contribution is 2.36. The van der Waals surface area contributed by atoms with E-state index >= 15 is 0 Å². The van der Waals surface area contributed by atoms with E-state index in [1.807, 2.05) is 57.0 Å². The molecule has 1 N–H and O–H groups in total. The van der Waals surface area contributed by atoms with Gasteiger partial charge in [0.2, 0.25) is 0 Å². The second-order valence-electron chi connectivity index (χ2n) is 6.79. The molecule has 144 valence electrons. The number of anilines is 1. The Hall–Kier alpha value is -3.11. The van der Waals surface area contributed by atoms with E-state index in [4.69, 9.17) is 17.0 Å². The van der Waals surface area contributed by atoms with Crippen LogP contribution in [0.5, 0.6) is 0 Å². The number of esters is 1. The highest BCUT2D eigenvalue weighted by Gasteiger charge is 2.36. The summed E-state index contributed by atoms with van der Waals surface area (Å²) in [5, 5.41) is 13.1. The Balaban J connectivity index is 2.20. The standard InChI is InChI=1S/C21H22N4O2S/c1-12-7-6-8-15(9-12)25-14(3)18(20(26)27-5)19(23-21(25)28)17-10-16(11-22)24(4)13(17)2/h6-10,19H,1-5H3,(H,23,28)/t19-/m0/s1. The number of aromatic nitrogens is 1. The number of methoxy groups -OCH3 is 1. The Bertz CT molecular complexity index is 1050. The van der Waals surface area contributed by atoms with Gasteiger partial charge in [-0.15, -0.1) is 0 Å². The number of carbonyl (C=O) groups excluding carboxylic acids is 1. The van der Waals surface area contributed by atoms with Crippen molar-refractivity contribution in [3.8, 4) is 6.07 Å². The molecule has 3 rings (SSSR count). The van der Waals surface area contributed by atoms with E-state index in [1.165, 1.54) is 7.11 Å². The molecule has 0 radical (unpaired) electrons. The van der Waals surface area contributed by atoms with E-state index in [0.29, 0.717) is 22.1 Å². The van der Waals surface area contributed by atoms with Crippen molar-refractivity contribution < 1.29 is 9.53 Å². The van der Waals surface area contributed by atoms with Crippen LogP contribution in [0.1, 0.15) is 35.5 Å². The maximum Gasteiger partial charge on any atom is 0.337 e. The maximum atomic E-state index is 12.7. The fourth-order valence-corrected chi connectivity index (χ4v) is 3.91. The minimum atomic E-state index is -0.491. The molecule has 7 heteroatoms. The van der Waals surface area contributed by atoms with Crippen LogP contribution in [0.3, 0.4) is 0 Å². The van der Waals surface area contributed by atoms with Gasteiger partial charge in [-0.05, 0) is 56.8 Å². The van der Waals surface area contributed by atoms with Crippen molar-refractivity contribution in [1.82, 2.24) is 9.88 Å². The molecule has 1 aliphatic heterocycles. The monoisotopic (exact) mass is 394 g/mol. The van der Waals surface area contributed by atoms with Crippen LogP contribution in [0.25, 0.3) is 0 Å². The molecule has 0 saturated heterocycles. The molecule has 1 atom stereocenters. The molecule has 0 aliphatic carbocycles. The predicted octanol–water partition coefficient (Wildman–Crippen LogP) is 3.40. The lowest BCUT2D eigenvalue weighted by atomic mass is 9.94. The van der Waals surface area contributed by atoms with Crippen molar-refractivity contribution in [3.63, 3.8) is 0 Å². The molecular weight excluding hydrogens is 372 g/mol. The summed E-state index contributed by atoms with van der Waals surface area (Å²) < 4.78 is 6.88. The van der Waals surface area contributed by atoms with Crippen LogP contribution in [0.4, 0.5) is 5.69 Å². The fraction of sp³-hybridized carbons (Fsp3) is 0.286. The molecule has 2 heterocycles. The quantitative estimate of drug-likeness (QED) is 0.636. The van der Waals surface area contributed by atoms with Crippen LogP contribution < -0.4 is 10.2 Å². The van der Waals surface area contributed by atoms with Crippen LogP contribution in [-0.2, 0) is 16.6 Å². The van der Waals surface area contributed by atoms with Gasteiger partial charge in [0.05, 0.1) is 18.7 Å². The number of ether oxygens (including phenoxy) is 1. The average molecular weight is 395 g/mol. The third kappa shape index (κ3) is 3.16. The number of hydrogen-bond donors (Lipinski definition) is 1. The molecule has 0 amide bonds. The van der Waals surface area contributed by atoms with Gasteiger partial charge in [0, 0.05) is 29.7 Å². The van der Waals surface area contributed by atoms with Gasteiger partial charge >= 0.3 is 5.97 Å². The molecule has 2 aromatic rings. The largest absolute Gasteiger partial charge is 0.466 e. The fourth-order valence-electron chi connectivity index (χ4n) is 3.55. The van der Waals surface area contributed by atoms with Crippen molar-refractivity contribution in [2.24, 2.45) is 7.05 Å². The highest BCUT2D eigenvalue weighted by atomic mass is 32.1. The van der Waals surface area contributed by atoms with E-state index in [2.05, 4.69) is 11.4 Å². The second kappa shape index (κ2) is 7.49. The number of carbonyl (C=O) groups is 1. The molecule has 1 aliphatic rings. The summed E-state index contributed by atoms with van der Waals surface area (Å²) in [7, 11) is 3.19. The number of allylic oxidation sites excluding steroid dienone is 1. The van der Waals surface area contributed by atoms with Gasteiger partial charge in [-0.2, -0.15) is 5.26 Å². The maximum absolute atomic E-state index is 12.7. The number of nitrogens with zero attached hydrogens (tertiary/aromatic N) is 3.